The number of hydrogen-bond acceptors (Lipinski definition) is 2. The Bertz CT molecular complexity index is 255. The Morgan fingerprint density at radius 2 is 2.43 bits per heavy atom. The van der Waals surface area contributed by atoms with E-state index in [4.69, 9.17) is 0 Å². The number of thiophene rings is 1. The van der Waals surface area contributed by atoms with Gasteiger partial charge in [0.25, 0.3) is 0 Å². The summed E-state index contributed by atoms with van der Waals surface area (Å²) in [7, 11) is 0. The van der Waals surface area contributed by atoms with Gasteiger partial charge in [0.15, 0.2) is 0 Å². The average Bonchev–Trinajstić information content (AvgIpc) is 2.78. The fraction of sp³-hybridized carbons (Fsp3) is 0.667. The van der Waals surface area contributed by atoms with Gasteiger partial charge in [-0.25, -0.2) is 0 Å². The molecular formula is C12H19NS. The Kier molecular flexibility index (Phi) is 3.60. The lowest BCUT2D eigenvalue weighted by molar-refractivity contribution is 0.430. The summed E-state index contributed by atoms with van der Waals surface area (Å²) in [5.74, 6) is 0.887. The van der Waals surface area contributed by atoms with E-state index < -0.39 is 0 Å². The molecule has 1 fully saturated rings. The first-order valence-electron chi connectivity index (χ1n) is 5.62. The van der Waals surface area contributed by atoms with Crippen LogP contribution in [0.25, 0.3) is 0 Å². The van der Waals surface area contributed by atoms with E-state index in [0.29, 0.717) is 0 Å². The van der Waals surface area contributed by atoms with Gasteiger partial charge < -0.3 is 5.32 Å². The molecule has 1 N–H and O–H groups in total. The summed E-state index contributed by atoms with van der Waals surface area (Å²) in [5.41, 5.74) is 0. The Morgan fingerprint density at radius 1 is 1.50 bits per heavy atom. The number of rotatable bonds is 4. The number of nitrogens with one attached hydrogen (secondary N) is 1. The molecule has 0 amide bonds. The van der Waals surface area contributed by atoms with E-state index in [1.54, 1.807) is 0 Å². The summed E-state index contributed by atoms with van der Waals surface area (Å²) in [6, 6.07) is 5.15. The van der Waals surface area contributed by atoms with Crippen LogP contribution in [0.5, 0.6) is 0 Å². The normalized spacial score (nSPS) is 26.9. The third-order valence-electron chi connectivity index (χ3n) is 3.22. The predicted octanol–water partition coefficient (Wildman–Crippen LogP) is 3.07. The van der Waals surface area contributed by atoms with E-state index in [9.17, 15) is 0 Å². The summed E-state index contributed by atoms with van der Waals surface area (Å²) in [4.78, 5) is 1.50. The highest BCUT2D eigenvalue weighted by molar-refractivity contribution is 7.09. The highest BCUT2D eigenvalue weighted by atomic mass is 32.1. The van der Waals surface area contributed by atoms with Crippen LogP contribution in [0.3, 0.4) is 0 Å². The lowest BCUT2D eigenvalue weighted by atomic mass is 10.1. The van der Waals surface area contributed by atoms with Gasteiger partial charge in [0.2, 0.25) is 0 Å². The van der Waals surface area contributed by atoms with Crippen LogP contribution in [0.1, 0.15) is 31.1 Å². The van der Waals surface area contributed by atoms with Crippen LogP contribution >= 0.6 is 11.3 Å². The van der Waals surface area contributed by atoms with Crippen LogP contribution in [-0.4, -0.2) is 12.6 Å². The van der Waals surface area contributed by atoms with E-state index in [2.05, 4.69) is 29.8 Å². The quantitative estimate of drug-likeness (QED) is 0.803. The van der Waals surface area contributed by atoms with Gasteiger partial charge in [0.1, 0.15) is 0 Å². The summed E-state index contributed by atoms with van der Waals surface area (Å²) in [5, 5.41) is 5.84. The smallest absolute Gasteiger partial charge is 0.00928 e. The SMILES string of the molecule is C[C@H]1CCC[C@@H]1NCCc1cccs1. The maximum atomic E-state index is 3.68. The molecule has 2 heteroatoms. The third kappa shape index (κ3) is 2.58. The van der Waals surface area contributed by atoms with E-state index in [1.807, 2.05) is 11.3 Å². The van der Waals surface area contributed by atoms with Crippen molar-refractivity contribution in [1.29, 1.82) is 0 Å². The van der Waals surface area contributed by atoms with Crippen molar-refractivity contribution in [2.75, 3.05) is 6.54 Å². The maximum Gasteiger partial charge on any atom is 0.00928 e. The monoisotopic (exact) mass is 209 g/mol. The minimum atomic E-state index is 0.787. The molecule has 1 aliphatic rings. The van der Waals surface area contributed by atoms with Crippen molar-refractivity contribution in [3.05, 3.63) is 22.4 Å². The molecule has 1 aromatic rings. The first kappa shape index (κ1) is 10.2. The van der Waals surface area contributed by atoms with Crippen LogP contribution in [0.15, 0.2) is 17.5 Å². The lowest BCUT2D eigenvalue weighted by Crippen LogP contribution is -2.32. The molecule has 0 spiro atoms. The Morgan fingerprint density at radius 3 is 3.07 bits per heavy atom. The van der Waals surface area contributed by atoms with Crippen molar-refractivity contribution in [2.45, 2.75) is 38.6 Å². The fourth-order valence-corrected chi connectivity index (χ4v) is 2.99. The van der Waals surface area contributed by atoms with Crippen LogP contribution < -0.4 is 5.32 Å². The predicted molar refractivity (Wildman–Crippen MR) is 62.8 cm³/mol. The molecule has 0 bridgehead atoms. The minimum absolute atomic E-state index is 0.787. The molecule has 1 nitrogen and oxygen atoms in total. The highest BCUT2D eigenvalue weighted by Crippen LogP contribution is 2.24. The minimum Gasteiger partial charge on any atom is -0.313 e. The van der Waals surface area contributed by atoms with E-state index in [0.717, 1.165) is 18.5 Å². The largest absolute Gasteiger partial charge is 0.313 e. The summed E-state index contributed by atoms with van der Waals surface area (Å²) < 4.78 is 0. The highest BCUT2D eigenvalue weighted by Gasteiger charge is 2.21. The average molecular weight is 209 g/mol. The molecule has 0 aromatic carbocycles. The molecule has 14 heavy (non-hydrogen) atoms. The van der Waals surface area contributed by atoms with Crippen LogP contribution in [0.2, 0.25) is 0 Å². The van der Waals surface area contributed by atoms with Gasteiger partial charge in [-0.15, -0.1) is 11.3 Å². The van der Waals surface area contributed by atoms with E-state index in [1.165, 1.54) is 30.6 Å². The van der Waals surface area contributed by atoms with Crippen molar-refractivity contribution in [3.8, 4) is 0 Å². The summed E-state index contributed by atoms with van der Waals surface area (Å²) in [6.45, 7) is 3.52. The fourth-order valence-electron chi connectivity index (χ4n) is 2.28. The Hall–Kier alpha value is -0.340. The molecule has 0 radical (unpaired) electrons. The maximum absolute atomic E-state index is 3.68. The van der Waals surface area contributed by atoms with Crippen molar-refractivity contribution in [3.63, 3.8) is 0 Å². The molecular weight excluding hydrogens is 190 g/mol. The van der Waals surface area contributed by atoms with Gasteiger partial charge in [0, 0.05) is 17.5 Å². The Labute approximate surface area is 90.5 Å². The van der Waals surface area contributed by atoms with E-state index in [-0.39, 0.29) is 0 Å². The molecule has 1 saturated carbocycles. The first-order valence-corrected chi connectivity index (χ1v) is 6.50. The third-order valence-corrected chi connectivity index (χ3v) is 4.16. The molecule has 1 heterocycles. The van der Waals surface area contributed by atoms with Crippen molar-refractivity contribution in [1.82, 2.24) is 5.32 Å². The van der Waals surface area contributed by atoms with E-state index >= 15 is 0 Å². The zero-order valence-corrected chi connectivity index (χ0v) is 9.65. The van der Waals surface area contributed by atoms with Crippen LogP contribution in [-0.2, 0) is 6.42 Å². The Balaban J connectivity index is 1.68. The second kappa shape index (κ2) is 4.94. The molecule has 1 aliphatic carbocycles. The summed E-state index contributed by atoms with van der Waals surface area (Å²) in [6.07, 6.45) is 5.40. The van der Waals surface area contributed by atoms with Gasteiger partial charge in [-0.3, -0.25) is 0 Å². The van der Waals surface area contributed by atoms with Gasteiger partial charge in [-0.2, -0.15) is 0 Å². The zero-order valence-electron chi connectivity index (χ0n) is 8.83. The second-order valence-corrected chi connectivity index (χ2v) is 5.33. The van der Waals surface area contributed by atoms with Crippen molar-refractivity contribution >= 4 is 11.3 Å². The van der Waals surface area contributed by atoms with Gasteiger partial charge in [-0.05, 0) is 36.6 Å². The zero-order chi connectivity index (χ0) is 9.80. The topological polar surface area (TPSA) is 12.0 Å². The lowest BCUT2D eigenvalue weighted by Gasteiger charge is -2.16. The number of hydrogen-bond donors (Lipinski definition) is 1. The second-order valence-electron chi connectivity index (χ2n) is 4.30. The molecule has 78 valence electrons. The molecule has 2 atom stereocenters. The van der Waals surface area contributed by atoms with Gasteiger partial charge >= 0.3 is 0 Å². The molecule has 2 rings (SSSR count). The first-order chi connectivity index (χ1) is 6.86. The molecule has 0 aliphatic heterocycles. The summed E-state index contributed by atoms with van der Waals surface area (Å²) >= 11 is 1.87. The van der Waals surface area contributed by atoms with Crippen LogP contribution in [0.4, 0.5) is 0 Å². The molecule has 0 unspecified atom stereocenters. The van der Waals surface area contributed by atoms with Gasteiger partial charge in [-0.1, -0.05) is 19.4 Å². The molecule has 0 saturated heterocycles. The van der Waals surface area contributed by atoms with Crippen molar-refractivity contribution < 1.29 is 0 Å². The molecule has 1 aromatic heterocycles. The van der Waals surface area contributed by atoms with Crippen LogP contribution in [0, 0.1) is 5.92 Å². The standard InChI is InChI=1S/C12H19NS/c1-10-4-2-6-12(10)13-8-7-11-5-3-9-14-11/h3,5,9-10,12-13H,2,4,6-8H2,1H3/t10-,12-/m0/s1. The van der Waals surface area contributed by atoms with Crippen molar-refractivity contribution in [2.24, 2.45) is 5.92 Å². The van der Waals surface area contributed by atoms with Gasteiger partial charge in [0.05, 0.1) is 0 Å².